The van der Waals surface area contributed by atoms with Crippen LogP contribution in [0, 0.1) is 0 Å². The zero-order chi connectivity index (χ0) is 19.3. The number of nitrogens with zero attached hydrogens (tertiary/aromatic N) is 5. The van der Waals surface area contributed by atoms with E-state index in [4.69, 9.17) is 4.98 Å². The standard InChI is InChI=1S/C21H24N6O/c1-2-19-23-11-15(12-24-19)13-27-9-5-6-16(14-27)18-10-20(28)26-21(25-18)17-7-3-4-8-22-17/h3-4,7-8,10-12,16H,2,5-6,9,13-14H2,1H3,(H,25,26,28). The normalized spacial score (nSPS) is 17.5. The number of rotatable bonds is 5. The average molecular weight is 376 g/mol. The van der Waals surface area contributed by atoms with Crippen LogP contribution < -0.4 is 5.56 Å². The highest BCUT2D eigenvalue weighted by atomic mass is 16.1. The van der Waals surface area contributed by atoms with Gasteiger partial charge in [-0.05, 0) is 31.5 Å². The lowest BCUT2D eigenvalue weighted by Gasteiger charge is -2.32. The molecule has 1 atom stereocenters. The van der Waals surface area contributed by atoms with E-state index in [9.17, 15) is 4.79 Å². The highest BCUT2D eigenvalue weighted by molar-refractivity contribution is 5.48. The molecule has 0 aromatic carbocycles. The third-order valence-corrected chi connectivity index (χ3v) is 5.07. The molecule has 1 saturated heterocycles. The fraction of sp³-hybridized carbons (Fsp3) is 0.381. The van der Waals surface area contributed by atoms with Crippen molar-refractivity contribution >= 4 is 0 Å². The van der Waals surface area contributed by atoms with Crippen molar-refractivity contribution < 1.29 is 0 Å². The summed E-state index contributed by atoms with van der Waals surface area (Å²) >= 11 is 0. The van der Waals surface area contributed by atoms with Crippen LogP contribution in [0.2, 0.25) is 0 Å². The third-order valence-electron chi connectivity index (χ3n) is 5.07. The van der Waals surface area contributed by atoms with Gasteiger partial charge in [0.05, 0.1) is 5.69 Å². The summed E-state index contributed by atoms with van der Waals surface area (Å²) in [4.78, 5) is 35.2. The number of pyridine rings is 1. The maximum Gasteiger partial charge on any atom is 0.251 e. The average Bonchev–Trinajstić information content (AvgIpc) is 2.75. The van der Waals surface area contributed by atoms with Crippen molar-refractivity contribution in [2.75, 3.05) is 13.1 Å². The van der Waals surface area contributed by atoms with Gasteiger partial charge in [0.25, 0.3) is 5.56 Å². The van der Waals surface area contributed by atoms with Crippen LogP contribution in [-0.2, 0) is 13.0 Å². The lowest BCUT2D eigenvalue weighted by Crippen LogP contribution is -2.34. The molecule has 28 heavy (non-hydrogen) atoms. The number of piperidine rings is 1. The van der Waals surface area contributed by atoms with Crippen LogP contribution in [0.3, 0.4) is 0 Å². The first-order chi connectivity index (χ1) is 13.7. The predicted molar refractivity (Wildman–Crippen MR) is 107 cm³/mol. The summed E-state index contributed by atoms with van der Waals surface area (Å²) in [5.74, 6) is 1.63. The van der Waals surface area contributed by atoms with Crippen LogP contribution >= 0.6 is 0 Å². The molecule has 3 aromatic heterocycles. The first kappa shape index (κ1) is 18.4. The fourth-order valence-electron chi connectivity index (χ4n) is 3.65. The summed E-state index contributed by atoms with van der Waals surface area (Å²) in [5.41, 5.74) is 2.51. The Bertz CT molecular complexity index is 970. The van der Waals surface area contributed by atoms with Gasteiger partial charge in [-0.2, -0.15) is 0 Å². The Kier molecular flexibility index (Phi) is 5.53. The van der Waals surface area contributed by atoms with Gasteiger partial charge in [0, 0.05) is 55.6 Å². The Balaban J connectivity index is 1.51. The quantitative estimate of drug-likeness (QED) is 0.736. The minimum atomic E-state index is -0.133. The molecule has 1 fully saturated rings. The van der Waals surface area contributed by atoms with E-state index in [1.54, 1.807) is 12.3 Å². The van der Waals surface area contributed by atoms with E-state index >= 15 is 0 Å². The number of nitrogens with one attached hydrogen (secondary N) is 1. The molecule has 0 radical (unpaired) electrons. The molecule has 1 N–H and O–H groups in total. The molecule has 4 rings (SSSR count). The van der Waals surface area contributed by atoms with Gasteiger partial charge in [0.15, 0.2) is 5.82 Å². The summed E-state index contributed by atoms with van der Waals surface area (Å²) in [6.45, 7) is 4.77. The van der Waals surface area contributed by atoms with E-state index in [1.807, 2.05) is 30.6 Å². The smallest absolute Gasteiger partial charge is 0.251 e. The van der Waals surface area contributed by atoms with Gasteiger partial charge in [-0.25, -0.2) is 15.0 Å². The largest absolute Gasteiger partial charge is 0.305 e. The first-order valence-electron chi connectivity index (χ1n) is 9.76. The van der Waals surface area contributed by atoms with Crippen LogP contribution in [0.5, 0.6) is 0 Å². The van der Waals surface area contributed by atoms with Crippen molar-refractivity contribution in [3.05, 3.63) is 70.3 Å². The predicted octanol–water partition coefficient (Wildman–Crippen LogP) is 2.56. The maximum atomic E-state index is 12.2. The highest BCUT2D eigenvalue weighted by Gasteiger charge is 2.23. The molecular formula is C21H24N6O. The Morgan fingerprint density at radius 1 is 1.21 bits per heavy atom. The molecule has 3 aromatic rings. The van der Waals surface area contributed by atoms with E-state index in [0.717, 1.165) is 56.0 Å². The van der Waals surface area contributed by atoms with Gasteiger partial charge in [-0.15, -0.1) is 0 Å². The van der Waals surface area contributed by atoms with Gasteiger partial charge in [-0.1, -0.05) is 13.0 Å². The molecule has 0 saturated carbocycles. The summed E-state index contributed by atoms with van der Waals surface area (Å²) in [6.07, 6.45) is 8.49. The van der Waals surface area contributed by atoms with E-state index in [2.05, 4.69) is 31.8 Å². The molecule has 1 unspecified atom stereocenters. The zero-order valence-electron chi connectivity index (χ0n) is 16.0. The molecule has 4 heterocycles. The van der Waals surface area contributed by atoms with Crippen molar-refractivity contribution in [3.8, 4) is 11.5 Å². The molecule has 0 spiro atoms. The Morgan fingerprint density at radius 2 is 2.07 bits per heavy atom. The molecule has 1 aliphatic heterocycles. The van der Waals surface area contributed by atoms with Gasteiger partial charge >= 0.3 is 0 Å². The summed E-state index contributed by atoms with van der Waals surface area (Å²) in [5, 5.41) is 0. The second-order valence-corrected chi connectivity index (χ2v) is 7.17. The van der Waals surface area contributed by atoms with E-state index in [-0.39, 0.29) is 11.5 Å². The topological polar surface area (TPSA) is 87.7 Å². The molecule has 7 heteroatoms. The van der Waals surface area contributed by atoms with Crippen molar-refractivity contribution in [2.45, 2.75) is 38.6 Å². The highest BCUT2D eigenvalue weighted by Crippen LogP contribution is 2.26. The van der Waals surface area contributed by atoms with E-state index in [0.29, 0.717) is 11.5 Å². The summed E-state index contributed by atoms with van der Waals surface area (Å²) in [6, 6.07) is 7.22. The second kappa shape index (κ2) is 8.39. The molecule has 0 amide bonds. The van der Waals surface area contributed by atoms with Crippen molar-refractivity contribution in [1.82, 2.24) is 29.8 Å². The molecule has 144 valence electrons. The third kappa shape index (κ3) is 4.31. The minimum Gasteiger partial charge on any atom is -0.305 e. The molecule has 0 aliphatic carbocycles. The number of aromatic amines is 1. The Labute approximate surface area is 163 Å². The van der Waals surface area contributed by atoms with E-state index in [1.165, 1.54) is 0 Å². The first-order valence-corrected chi connectivity index (χ1v) is 9.76. The lowest BCUT2D eigenvalue weighted by atomic mass is 9.94. The Morgan fingerprint density at radius 3 is 2.82 bits per heavy atom. The Hall–Kier alpha value is -2.93. The van der Waals surface area contributed by atoms with Crippen molar-refractivity contribution in [3.63, 3.8) is 0 Å². The van der Waals surface area contributed by atoms with Crippen molar-refractivity contribution in [1.29, 1.82) is 0 Å². The molecule has 1 aliphatic rings. The molecule has 0 bridgehead atoms. The van der Waals surface area contributed by atoms with Gasteiger partial charge in [0.1, 0.15) is 11.5 Å². The minimum absolute atomic E-state index is 0.133. The zero-order valence-corrected chi connectivity index (χ0v) is 16.0. The summed E-state index contributed by atoms with van der Waals surface area (Å²) < 4.78 is 0. The number of aromatic nitrogens is 5. The van der Waals surface area contributed by atoms with Crippen LogP contribution in [0.25, 0.3) is 11.5 Å². The fourth-order valence-corrected chi connectivity index (χ4v) is 3.65. The van der Waals surface area contributed by atoms with Crippen LogP contribution in [0.1, 0.15) is 42.8 Å². The number of H-pyrrole nitrogens is 1. The van der Waals surface area contributed by atoms with Crippen LogP contribution in [0.4, 0.5) is 0 Å². The number of hydrogen-bond donors (Lipinski definition) is 1. The lowest BCUT2D eigenvalue weighted by molar-refractivity contribution is 0.198. The number of likely N-dealkylation sites (tertiary alicyclic amines) is 1. The van der Waals surface area contributed by atoms with Crippen LogP contribution in [0.15, 0.2) is 47.7 Å². The van der Waals surface area contributed by atoms with Gasteiger partial charge < -0.3 is 4.98 Å². The summed E-state index contributed by atoms with van der Waals surface area (Å²) in [7, 11) is 0. The van der Waals surface area contributed by atoms with Crippen molar-refractivity contribution in [2.24, 2.45) is 0 Å². The number of aryl methyl sites for hydroxylation is 1. The van der Waals surface area contributed by atoms with Gasteiger partial charge in [-0.3, -0.25) is 14.7 Å². The van der Waals surface area contributed by atoms with Crippen LogP contribution in [-0.4, -0.2) is 42.9 Å². The molecule has 7 nitrogen and oxygen atoms in total. The SMILES string of the molecule is CCc1ncc(CN2CCCC(c3cc(=O)[nH]c(-c4ccccn4)n3)C2)cn1. The maximum absolute atomic E-state index is 12.2. The second-order valence-electron chi connectivity index (χ2n) is 7.17. The number of hydrogen-bond acceptors (Lipinski definition) is 6. The van der Waals surface area contributed by atoms with E-state index < -0.39 is 0 Å². The molecular weight excluding hydrogens is 352 g/mol. The van der Waals surface area contributed by atoms with Gasteiger partial charge in [0.2, 0.25) is 0 Å². The monoisotopic (exact) mass is 376 g/mol.